The zero-order valence-electron chi connectivity index (χ0n) is 10.8. The van der Waals surface area contributed by atoms with Gasteiger partial charge in [-0.3, -0.25) is 9.97 Å². The van der Waals surface area contributed by atoms with Gasteiger partial charge in [-0.2, -0.15) is 0 Å². The smallest absolute Gasteiger partial charge is 0.242 e. The van der Waals surface area contributed by atoms with Crippen molar-refractivity contribution in [2.45, 2.75) is 25.3 Å². The summed E-state index contributed by atoms with van der Waals surface area (Å²) < 4.78 is 26.7. The molecule has 0 unspecified atom stereocenters. The van der Waals surface area contributed by atoms with E-state index in [2.05, 4.69) is 14.7 Å². The van der Waals surface area contributed by atoms with E-state index in [9.17, 15) is 8.42 Å². The van der Waals surface area contributed by atoms with Crippen LogP contribution in [0.5, 0.6) is 0 Å². The zero-order valence-corrected chi connectivity index (χ0v) is 11.6. The van der Waals surface area contributed by atoms with Crippen molar-refractivity contribution < 1.29 is 8.42 Å². The summed E-state index contributed by atoms with van der Waals surface area (Å²) in [6.45, 7) is 3.91. The Morgan fingerprint density at radius 1 is 1.21 bits per heavy atom. The molecule has 2 rings (SSSR count). The second-order valence-electron chi connectivity index (χ2n) is 4.25. The topological polar surface area (TPSA) is 72.0 Å². The summed E-state index contributed by atoms with van der Waals surface area (Å²) in [5, 5.41) is 0. The fraction of sp³-hybridized carbons (Fsp3) is 0.231. The van der Waals surface area contributed by atoms with E-state index >= 15 is 0 Å². The summed E-state index contributed by atoms with van der Waals surface area (Å²) in [5.41, 5.74) is 2.54. The highest BCUT2D eigenvalue weighted by atomic mass is 32.2. The Kier molecular flexibility index (Phi) is 3.92. The van der Waals surface area contributed by atoms with Crippen LogP contribution in [0.3, 0.4) is 0 Å². The Morgan fingerprint density at radius 2 is 1.89 bits per heavy atom. The molecule has 0 aliphatic carbocycles. The minimum Gasteiger partial charge on any atom is -0.265 e. The minimum atomic E-state index is -3.53. The molecule has 5 nitrogen and oxygen atoms in total. The molecule has 2 aromatic heterocycles. The predicted molar refractivity (Wildman–Crippen MR) is 72.0 cm³/mol. The van der Waals surface area contributed by atoms with Gasteiger partial charge in [-0.05, 0) is 43.2 Å². The number of nitrogens with zero attached hydrogens (tertiary/aromatic N) is 2. The molecular formula is C13H15N3O2S. The van der Waals surface area contributed by atoms with Crippen LogP contribution in [0.25, 0.3) is 0 Å². The molecule has 19 heavy (non-hydrogen) atoms. The molecule has 0 fully saturated rings. The molecule has 0 atom stereocenters. The summed E-state index contributed by atoms with van der Waals surface area (Å²) in [4.78, 5) is 8.14. The summed E-state index contributed by atoms with van der Waals surface area (Å²) >= 11 is 0. The van der Waals surface area contributed by atoms with Crippen molar-refractivity contribution in [1.29, 1.82) is 0 Å². The highest BCUT2D eigenvalue weighted by Crippen LogP contribution is 2.12. The molecule has 0 radical (unpaired) electrons. The van der Waals surface area contributed by atoms with Crippen molar-refractivity contribution in [2.75, 3.05) is 0 Å². The fourth-order valence-corrected chi connectivity index (χ4v) is 2.57. The van der Waals surface area contributed by atoms with Crippen molar-refractivity contribution >= 4 is 10.0 Å². The van der Waals surface area contributed by atoms with Gasteiger partial charge in [-0.25, -0.2) is 13.1 Å². The van der Waals surface area contributed by atoms with Crippen molar-refractivity contribution in [3.63, 3.8) is 0 Å². The van der Waals surface area contributed by atoms with E-state index in [1.807, 2.05) is 13.8 Å². The van der Waals surface area contributed by atoms with Crippen LogP contribution in [0.15, 0.2) is 41.7 Å². The predicted octanol–water partition coefficient (Wildman–Crippen LogP) is 1.57. The molecule has 2 aromatic rings. The van der Waals surface area contributed by atoms with Gasteiger partial charge in [0.25, 0.3) is 0 Å². The highest BCUT2D eigenvalue weighted by molar-refractivity contribution is 7.89. The molecule has 0 aliphatic heterocycles. The van der Waals surface area contributed by atoms with Gasteiger partial charge in [0.1, 0.15) is 4.90 Å². The van der Waals surface area contributed by atoms with Crippen molar-refractivity contribution in [3.8, 4) is 0 Å². The standard InChI is InChI=1S/C13H15N3O2S/c1-10-7-13(9-15-11(10)2)19(17,18)16-8-12-3-5-14-6-4-12/h3-7,9,16H,8H2,1-2H3. The van der Waals surface area contributed by atoms with Gasteiger partial charge in [0.15, 0.2) is 0 Å². The zero-order chi connectivity index (χ0) is 13.9. The number of pyridine rings is 2. The lowest BCUT2D eigenvalue weighted by molar-refractivity contribution is 0.580. The summed E-state index contributed by atoms with van der Waals surface area (Å²) in [6.07, 6.45) is 4.62. The number of aromatic nitrogens is 2. The summed E-state index contributed by atoms with van der Waals surface area (Å²) in [7, 11) is -3.53. The van der Waals surface area contributed by atoms with Crippen LogP contribution >= 0.6 is 0 Å². The molecule has 6 heteroatoms. The maximum atomic E-state index is 12.1. The van der Waals surface area contributed by atoms with E-state index in [0.29, 0.717) is 0 Å². The minimum absolute atomic E-state index is 0.185. The first kappa shape index (κ1) is 13.6. The maximum absolute atomic E-state index is 12.1. The molecule has 1 N–H and O–H groups in total. The fourth-order valence-electron chi connectivity index (χ4n) is 1.53. The van der Waals surface area contributed by atoms with E-state index in [1.165, 1.54) is 6.20 Å². The number of sulfonamides is 1. The van der Waals surface area contributed by atoms with Gasteiger partial charge in [0.05, 0.1) is 0 Å². The third-order valence-corrected chi connectivity index (χ3v) is 4.21. The summed E-state index contributed by atoms with van der Waals surface area (Å²) in [6, 6.07) is 5.15. The second-order valence-corrected chi connectivity index (χ2v) is 6.02. The number of hydrogen-bond acceptors (Lipinski definition) is 4. The van der Waals surface area contributed by atoms with Gasteiger partial charge in [-0.1, -0.05) is 0 Å². The number of aryl methyl sites for hydroxylation is 2. The lowest BCUT2D eigenvalue weighted by Gasteiger charge is -2.08. The monoisotopic (exact) mass is 277 g/mol. The molecule has 0 bridgehead atoms. The van der Waals surface area contributed by atoms with Crippen LogP contribution < -0.4 is 4.72 Å². The Labute approximate surface area is 112 Å². The molecule has 0 amide bonds. The van der Waals surface area contributed by atoms with E-state index < -0.39 is 10.0 Å². The average molecular weight is 277 g/mol. The lowest BCUT2D eigenvalue weighted by Crippen LogP contribution is -2.23. The van der Waals surface area contributed by atoms with Gasteiger partial charge >= 0.3 is 0 Å². The maximum Gasteiger partial charge on any atom is 0.242 e. The van der Waals surface area contributed by atoms with Crippen LogP contribution in [-0.2, 0) is 16.6 Å². The van der Waals surface area contributed by atoms with Crippen LogP contribution in [0, 0.1) is 13.8 Å². The molecule has 0 aromatic carbocycles. The van der Waals surface area contributed by atoms with Crippen molar-refractivity contribution in [2.24, 2.45) is 0 Å². The number of hydrogen-bond donors (Lipinski definition) is 1. The largest absolute Gasteiger partial charge is 0.265 e. The van der Waals surface area contributed by atoms with E-state index in [4.69, 9.17) is 0 Å². The van der Waals surface area contributed by atoms with Gasteiger partial charge in [0, 0.05) is 30.8 Å². The Bertz CT molecular complexity index is 670. The summed E-state index contributed by atoms with van der Waals surface area (Å²) in [5.74, 6) is 0. The Morgan fingerprint density at radius 3 is 2.53 bits per heavy atom. The molecule has 0 saturated heterocycles. The van der Waals surface area contributed by atoms with Gasteiger partial charge < -0.3 is 0 Å². The molecule has 0 aliphatic rings. The van der Waals surface area contributed by atoms with E-state index in [1.54, 1.807) is 30.6 Å². The highest BCUT2D eigenvalue weighted by Gasteiger charge is 2.14. The normalized spacial score (nSPS) is 11.5. The third-order valence-electron chi connectivity index (χ3n) is 2.84. The first-order valence-electron chi connectivity index (χ1n) is 5.81. The average Bonchev–Trinajstić information content (AvgIpc) is 2.41. The Balaban J connectivity index is 2.16. The molecule has 100 valence electrons. The third kappa shape index (κ3) is 3.36. The number of nitrogens with one attached hydrogen (secondary N) is 1. The first-order valence-corrected chi connectivity index (χ1v) is 7.29. The van der Waals surface area contributed by atoms with Crippen molar-refractivity contribution in [3.05, 3.63) is 53.6 Å². The van der Waals surface area contributed by atoms with Crippen LogP contribution in [-0.4, -0.2) is 18.4 Å². The van der Waals surface area contributed by atoms with Gasteiger partial charge in [0.2, 0.25) is 10.0 Å². The van der Waals surface area contributed by atoms with Crippen LogP contribution in [0.1, 0.15) is 16.8 Å². The van der Waals surface area contributed by atoms with Crippen LogP contribution in [0.2, 0.25) is 0 Å². The van der Waals surface area contributed by atoms with Gasteiger partial charge in [-0.15, -0.1) is 0 Å². The molecule has 2 heterocycles. The number of rotatable bonds is 4. The Hall–Kier alpha value is -1.79. The lowest BCUT2D eigenvalue weighted by atomic mass is 10.2. The second kappa shape index (κ2) is 5.46. The van der Waals surface area contributed by atoms with Crippen molar-refractivity contribution in [1.82, 2.24) is 14.7 Å². The molecular weight excluding hydrogens is 262 g/mol. The SMILES string of the molecule is Cc1cc(S(=O)(=O)NCc2ccncc2)cnc1C. The van der Waals surface area contributed by atoms with E-state index in [-0.39, 0.29) is 11.4 Å². The van der Waals surface area contributed by atoms with E-state index in [0.717, 1.165) is 16.8 Å². The molecule has 0 spiro atoms. The molecule has 0 saturated carbocycles. The first-order chi connectivity index (χ1) is 8.99. The quantitative estimate of drug-likeness (QED) is 0.920. The van der Waals surface area contributed by atoms with Crippen LogP contribution in [0.4, 0.5) is 0 Å².